The van der Waals surface area contributed by atoms with E-state index in [1.54, 1.807) is 6.07 Å². The first-order chi connectivity index (χ1) is 7.71. The van der Waals surface area contributed by atoms with E-state index in [1.807, 2.05) is 0 Å². The van der Waals surface area contributed by atoms with Crippen molar-refractivity contribution in [3.63, 3.8) is 0 Å². The molecule has 0 fully saturated rings. The van der Waals surface area contributed by atoms with Crippen molar-refractivity contribution in [3.8, 4) is 0 Å². The fourth-order valence-electron chi connectivity index (χ4n) is 0.811. The van der Waals surface area contributed by atoms with Gasteiger partial charge in [-0.05, 0) is 16.4 Å². The van der Waals surface area contributed by atoms with E-state index in [-0.39, 0.29) is 4.90 Å². The van der Waals surface area contributed by atoms with Crippen LogP contribution in [0.2, 0.25) is 0 Å². The number of benzene rings is 1. The van der Waals surface area contributed by atoms with Crippen LogP contribution < -0.4 is 0 Å². The van der Waals surface area contributed by atoms with Crippen LogP contribution in [0.15, 0.2) is 35.2 Å². The molecule has 0 aliphatic rings. The van der Waals surface area contributed by atoms with Crippen LogP contribution in [0.3, 0.4) is 0 Å². The molecule has 0 aliphatic carbocycles. The van der Waals surface area contributed by atoms with E-state index >= 15 is 0 Å². The van der Waals surface area contributed by atoms with Gasteiger partial charge < -0.3 is 9.79 Å². The minimum Gasteiger partial charge on any atom is -0.300 e. The van der Waals surface area contributed by atoms with Gasteiger partial charge in [-0.1, -0.05) is 18.2 Å². The molecule has 0 amide bonds. The predicted molar refractivity (Wildman–Crippen MR) is 55.4 cm³/mol. The summed E-state index contributed by atoms with van der Waals surface area (Å²) >= 11 is 0. The quantitative estimate of drug-likeness (QED) is 0.775. The highest BCUT2D eigenvalue weighted by molar-refractivity contribution is 7.90. The van der Waals surface area contributed by atoms with Gasteiger partial charge in [0.1, 0.15) is 0 Å². The van der Waals surface area contributed by atoms with Gasteiger partial charge in [-0.3, -0.25) is 0 Å². The average molecular weight is 301 g/mol. The van der Waals surface area contributed by atoms with E-state index in [1.165, 1.54) is 12.1 Å². The molecular weight excluding hydrogens is 294 g/mol. The molecular formula is C6H7O8P2S+. The lowest BCUT2D eigenvalue weighted by molar-refractivity contribution is 0.275. The SMILES string of the molecule is O=[P+](OP(=O)(O)O)OS(=O)(=O)c1ccccc1. The Hall–Kier alpha value is -0.660. The highest BCUT2D eigenvalue weighted by atomic mass is 32.2. The molecule has 1 rings (SSSR count). The molecule has 0 aromatic heterocycles. The second-order valence-electron chi connectivity index (χ2n) is 2.64. The molecule has 0 heterocycles. The Labute approximate surface area is 97.5 Å². The summed E-state index contributed by atoms with van der Waals surface area (Å²) in [6.07, 6.45) is 0. The summed E-state index contributed by atoms with van der Waals surface area (Å²) in [6, 6.07) is 6.66. The summed E-state index contributed by atoms with van der Waals surface area (Å²) in [6.45, 7) is 0. The van der Waals surface area contributed by atoms with Gasteiger partial charge in [0.2, 0.25) is 0 Å². The normalized spacial score (nSPS) is 13.4. The fourth-order valence-corrected chi connectivity index (χ4v) is 3.34. The van der Waals surface area contributed by atoms with E-state index in [2.05, 4.69) is 8.28 Å². The first kappa shape index (κ1) is 14.4. The molecule has 0 bridgehead atoms. The van der Waals surface area contributed by atoms with Crippen LogP contribution in [0.4, 0.5) is 0 Å². The molecule has 17 heavy (non-hydrogen) atoms. The Bertz CT molecular complexity index is 547. The Morgan fingerprint density at radius 3 is 2.18 bits per heavy atom. The van der Waals surface area contributed by atoms with Crippen molar-refractivity contribution in [1.82, 2.24) is 0 Å². The third-order valence-corrected chi connectivity index (χ3v) is 4.87. The summed E-state index contributed by atoms with van der Waals surface area (Å²) < 4.78 is 51.5. The summed E-state index contributed by atoms with van der Waals surface area (Å²) in [7, 11) is -12.9. The third kappa shape index (κ3) is 5.01. The lowest BCUT2D eigenvalue weighted by Crippen LogP contribution is -2.01. The Morgan fingerprint density at radius 2 is 1.71 bits per heavy atom. The minimum absolute atomic E-state index is 0.308. The van der Waals surface area contributed by atoms with E-state index in [0.29, 0.717) is 0 Å². The second-order valence-corrected chi connectivity index (χ2v) is 6.70. The van der Waals surface area contributed by atoms with Crippen LogP contribution in [-0.2, 0) is 27.5 Å². The largest absolute Gasteiger partial charge is 0.726 e. The lowest BCUT2D eigenvalue weighted by Gasteiger charge is -1.96. The van der Waals surface area contributed by atoms with Crippen LogP contribution in [-0.4, -0.2) is 18.2 Å². The summed E-state index contributed by atoms with van der Waals surface area (Å²) in [5.41, 5.74) is 0. The van der Waals surface area contributed by atoms with Crippen molar-refractivity contribution in [3.05, 3.63) is 30.3 Å². The van der Waals surface area contributed by atoms with Crippen molar-refractivity contribution < 1.29 is 35.6 Å². The topological polar surface area (TPSA) is 127 Å². The zero-order valence-corrected chi connectivity index (χ0v) is 10.6. The van der Waals surface area contributed by atoms with Crippen LogP contribution in [0.25, 0.3) is 0 Å². The molecule has 0 radical (unpaired) electrons. The van der Waals surface area contributed by atoms with Crippen molar-refractivity contribution >= 4 is 26.2 Å². The fraction of sp³-hybridized carbons (Fsp3) is 0. The lowest BCUT2D eigenvalue weighted by atomic mass is 10.4. The van der Waals surface area contributed by atoms with Crippen molar-refractivity contribution in [2.24, 2.45) is 0 Å². The summed E-state index contributed by atoms with van der Waals surface area (Å²) in [5, 5.41) is 0. The van der Waals surface area contributed by atoms with Gasteiger partial charge in [-0.15, -0.1) is 0 Å². The molecule has 2 N–H and O–H groups in total. The van der Waals surface area contributed by atoms with Crippen molar-refractivity contribution in [2.75, 3.05) is 0 Å². The van der Waals surface area contributed by atoms with Gasteiger partial charge in [0, 0.05) is 8.54 Å². The van der Waals surface area contributed by atoms with Crippen LogP contribution in [0.1, 0.15) is 0 Å². The first-order valence-electron chi connectivity index (χ1n) is 3.93. The first-order valence-corrected chi connectivity index (χ1v) is 7.96. The summed E-state index contributed by atoms with van der Waals surface area (Å²) in [4.78, 5) is 16.3. The van der Waals surface area contributed by atoms with Crippen molar-refractivity contribution in [1.29, 1.82) is 0 Å². The molecule has 0 saturated carbocycles. The molecule has 1 unspecified atom stereocenters. The van der Waals surface area contributed by atoms with Gasteiger partial charge in [-0.2, -0.15) is 8.42 Å². The highest BCUT2D eigenvalue weighted by Crippen LogP contribution is 2.48. The van der Waals surface area contributed by atoms with Gasteiger partial charge in [0.25, 0.3) is 0 Å². The third-order valence-electron chi connectivity index (χ3n) is 1.36. The van der Waals surface area contributed by atoms with E-state index in [9.17, 15) is 17.5 Å². The molecule has 8 nitrogen and oxygen atoms in total. The molecule has 1 atom stereocenters. The molecule has 1 aromatic carbocycles. The van der Waals surface area contributed by atoms with E-state index in [0.717, 1.165) is 12.1 Å². The van der Waals surface area contributed by atoms with Gasteiger partial charge in [0.05, 0.1) is 4.90 Å². The molecule has 0 saturated heterocycles. The maximum Gasteiger partial charge on any atom is 0.726 e. The average Bonchev–Trinajstić information content (AvgIpc) is 2.15. The zero-order chi connectivity index (χ0) is 13.1. The highest BCUT2D eigenvalue weighted by Gasteiger charge is 2.40. The van der Waals surface area contributed by atoms with E-state index in [4.69, 9.17) is 9.79 Å². The van der Waals surface area contributed by atoms with Crippen LogP contribution in [0.5, 0.6) is 0 Å². The number of hydrogen-bond donors (Lipinski definition) is 2. The molecule has 0 aliphatic heterocycles. The maximum atomic E-state index is 11.4. The Morgan fingerprint density at radius 1 is 1.18 bits per heavy atom. The minimum atomic E-state index is -5.07. The second kappa shape index (κ2) is 5.32. The van der Waals surface area contributed by atoms with Gasteiger partial charge in [-0.25, -0.2) is 4.57 Å². The molecule has 1 aromatic rings. The summed E-state index contributed by atoms with van der Waals surface area (Å²) in [5.74, 6) is 0. The smallest absolute Gasteiger partial charge is 0.300 e. The van der Waals surface area contributed by atoms with Crippen molar-refractivity contribution in [2.45, 2.75) is 4.90 Å². The maximum absolute atomic E-state index is 11.4. The van der Waals surface area contributed by atoms with Gasteiger partial charge >= 0.3 is 26.2 Å². The Kier molecular flexibility index (Phi) is 4.51. The molecule has 11 heteroatoms. The standard InChI is InChI=1S/C6H6O8P2S/c7-15(13-16(8,9)10)14-17(11,12)6-4-2-1-3-5-6/h1-5H,(H-,8,9,10)/p+1. The van der Waals surface area contributed by atoms with E-state index < -0.39 is 26.2 Å². The number of rotatable bonds is 5. The zero-order valence-electron chi connectivity index (χ0n) is 8.03. The van der Waals surface area contributed by atoms with Crippen LogP contribution >= 0.6 is 16.1 Å². The van der Waals surface area contributed by atoms with Gasteiger partial charge in [0.15, 0.2) is 0 Å². The predicted octanol–water partition coefficient (Wildman–Crippen LogP) is 1.16. The monoisotopic (exact) mass is 301 g/mol. The molecule has 94 valence electrons. The number of phosphoric acid groups is 1. The number of hydrogen-bond acceptors (Lipinski definition) is 6. The molecule has 0 spiro atoms. The Balaban J connectivity index is 2.82. The van der Waals surface area contributed by atoms with Crippen LogP contribution in [0, 0.1) is 0 Å².